The summed E-state index contributed by atoms with van der Waals surface area (Å²) in [6.07, 6.45) is 0. The Morgan fingerprint density at radius 3 is 1.93 bits per heavy atom. The summed E-state index contributed by atoms with van der Waals surface area (Å²) in [5.74, 6) is 0. The Hall–Kier alpha value is -5.66. The van der Waals surface area contributed by atoms with E-state index in [9.17, 15) is 9.60 Å². The summed E-state index contributed by atoms with van der Waals surface area (Å²) in [5, 5.41) is -1.63. The molecule has 0 radical (unpaired) electrons. The van der Waals surface area contributed by atoms with Gasteiger partial charge in [-0.1, -0.05) is 127 Å². The Morgan fingerprint density at radius 2 is 1.07 bits per heavy atom. The first-order valence-electron chi connectivity index (χ1n) is 22.7. The van der Waals surface area contributed by atoms with Gasteiger partial charge >= 0.3 is 0 Å². The molecule has 0 atom stereocenters. The van der Waals surface area contributed by atoms with E-state index in [2.05, 4.69) is 0 Å². The molecule has 0 saturated carbocycles. The van der Waals surface area contributed by atoms with Crippen LogP contribution in [0.1, 0.15) is 26.0 Å². The topological polar surface area (TPSA) is 13.1 Å². The second-order valence-corrected chi connectivity index (χ2v) is 9.81. The first-order valence-corrected chi connectivity index (χ1v) is 13.2. The van der Waals surface area contributed by atoms with Crippen LogP contribution in [0.3, 0.4) is 0 Å². The van der Waals surface area contributed by atoms with Crippen molar-refractivity contribution in [1.82, 2.24) is 0 Å². The van der Waals surface area contributed by atoms with Gasteiger partial charge in [0.15, 0.2) is 0 Å². The molecular weight excluding hydrogens is 520 g/mol. The molecule has 200 valence electrons. The van der Waals surface area contributed by atoms with Crippen molar-refractivity contribution in [3.63, 3.8) is 0 Å². The molecule has 43 heavy (non-hydrogen) atoms. The second-order valence-electron chi connectivity index (χ2n) is 9.81. The molecule has 0 fully saturated rings. The predicted molar refractivity (Wildman–Crippen MR) is 183 cm³/mol. The fourth-order valence-electron chi connectivity index (χ4n) is 5.53. The lowest BCUT2D eigenvalue weighted by molar-refractivity contribution is 0.669. The molecule has 0 aliphatic rings. The van der Waals surface area contributed by atoms with Crippen LogP contribution in [0.5, 0.6) is 0 Å². The SMILES string of the molecule is [2H]c1c([2H])c([2H])c(-c2c3c([2H])c([2H])c([2H])c([2H])c3c(-c3c([2H])c([2H])c4c([2H])c([2H])c([2H])c([2H])c4c3[2H])c3c([2H])c(-c4ccc5c(c4)oc4ccccc45)c([2H])c([2H])c23)c([2H])c1[2H]. The Balaban J connectivity index is 1.62. The van der Waals surface area contributed by atoms with Crippen LogP contribution >= 0.6 is 0 Å². The fraction of sp³-hybridized carbons (Fsp3) is 0. The zero-order valence-corrected chi connectivity index (χ0v) is 21.9. The summed E-state index contributed by atoms with van der Waals surface area (Å²) in [6.45, 7) is 0. The van der Waals surface area contributed by atoms with Crippen molar-refractivity contribution >= 4 is 54.3 Å². The highest BCUT2D eigenvalue weighted by molar-refractivity contribution is 6.22. The Morgan fingerprint density at radius 1 is 0.395 bits per heavy atom. The standard InChI is InChI=1S/C42H26O/c1-2-11-28(12-3-1)41-35-15-6-7-16-36(35)42(32-19-18-27-10-4-5-13-29(27)24-32)38-25-30(21-23-37(38)41)31-20-22-34-33-14-8-9-17-39(33)43-40(34)26-31/h1-26H/i1D,2D,3D,4D,5D,6D,7D,10D,11D,12D,13D,15D,16D,18D,19D,21D,23D,24D,25D. The minimum absolute atomic E-state index is 0.165. The normalized spacial score (nSPS) is 17.9. The number of para-hydroxylation sites is 1. The molecule has 9 aromatic rings. The molecule has 0 aliphatic carbocycles. The quantitative estimate of drug-likeness (QED) is 0.194. The first kappa shape index (κ1) is 11.9. The maximum Gasteiger partial charge on any atom is 0.136 e. The smallest absolute Gasteiger partial charge is 0.136 e. The third-order valence-corrected chi connectivity index (χ3v) is 7.42. The van der Waals surface area contributed by atoms with E-state index in [0.717, 1.165) is 5.39 Å². The fourth-order valence-corrected chi connectivity index (χ4v) is 5.53. The van der Waals surface area contributed by atoms with Crippen LogP contribution in [0.4, 0.5) is 0 Å². The average molecular weight is 566 g/mol. The molecule has 8 aromatic carbocycles. The number of hydrogen-bond acceptors (Lipinski definition) is 1. The van der Waals surface area contributed by atoms with E-state index in [4.69, 9.17) is 20.9 Å². The van der Waals surface area contributed by atoms with Crippen molar-refractivity contribution in [3.05, 3.63) is 157 Å². The Bertz CT molecular complexity index is 3550. The van der Waals surface area contributed by atoms with Crippen LogP contribution in [0.25, 0.3) is 87.6 Å². The van der Waals surface area contributed by atoms with Gasteiger partial charge in [0.2, 0.25) is 0 Å². The van der Waals surface area contributed by atoms with Crippen molar-refractivity contribution in [1.29, 1.82) is 0 Å². The maximum absolute atomic E-state index is 9.98. The lowest BCUT2D eigenvalue weighted by atomic mass is 9.84. The molecule has 0 spiro atoms. The van der Waals surface area contributed by atoms with Gasteiger partial charge in [0, 0.05) is 10.8 Å². The minimum Gasteiger partial charge on any atom is -0.456 e. The Kier molecular flexibility index (Phi) is 2.61. The van der Waals surface area contributed by atoms with Crippen LogP contribution in [-0.2, 0) is 0 Å². The summed E-state index contributed by atoms with van der Waals surface area (Å²) in [4.78, 5) is 0. The zero-order chi connectivity index (χ0) is 44.9. The molecule has 0 saturated heterocycles. The van der Waals surface area contributed by atoms with Gasteiger partial charge < -0.3 is 4.42 Å². The Labute approximate surface area is 275 Å². The third kappa shape index (κ3) is 3.79. The van der Waals surface area contributed by atoms with E-state index in [0.29, 0.717) is 16.6 Å². The summed E-state index contributed by atoms with van der Waals surface area (Å²) in [6, 6.07) is -2.93. The van der Waals surface area contributed by atoms with E-state index in [1.54, 1.807) is 24.3 Å². The van der Waals surface area contributed by atoms with E-state index in [1.165, 1.54) is 6.07 Å². The number of rotatable bonds is 3. The van der Waals surface area contributed by atoms with Gasteiger partial charge in [-0.25, -0.2) is 0 Å². The highest BCUT2D eigenvalue weighted by Gasteiger charge is 2.18. The number of hydrogen-bond donors (Lipinski definition) is 0. The van der Waals surface area contributed by atoms with E-state index >= 15 is 0 Å². The van der Waals surface area contributed by atoms with Crippen LogP contribution in [0.15, 0.2) is 162 Å². The second kappa shape index (κ2) is 9.44. The van der Waals surface area contributed by atoms with Gasteiger partial charge in [0.1, 0.15) is 11.2 Å². The van der Waals surface area contributed by atoms with Crippen LogP contribution in [-0.4, -0.2) is 0 Å². The van der Waals surface area contributed by atoms with Crippen LogP contribution in [0, 0.1) is 0 Å². The van der Waals surface area contributed by atoms with Gasteiger partial charge in [0.05, 0.1) is 26.0 Å². The van der Waals surface area contributed by atoms with E-state index < -0.39 is 169 Å². The lowest BCUT2D eigenvalue weighted by Crippen LogP contribution is -1.92. The van der Waals surface area contributed by atoms with Crippen LogP contribution in [0.2, 0.25) is 0 Å². The highest BCUT2D eigenvalue weighted by atomic mass is 16.3. The molecule has 9 rings (SSSR count). The molecule has 1 heteroatoms. The summed E-state index contributed by atoms with van der Waals surface area (Å²) >= 11 is 0. The molecule has 0 N–H and O–H groups in total. The highest BCUT2D eigenvalue weighted by Crippen LogP contribution is 2.45. The first-order chi connectivity index (χ1) is 29.2. The minimum atomic E-state index is -0.855. The van der Waals surface area contributed by atoms with Gasteiger partial charge in [-0.15, -0.1) is 0 Å². The number of furan rings is 1. The summed E-state index contributed by atoms with van der Waals surface area (Å²) in [7, 11) is 0. The van der Waals surface area contributed by atoms with E-state index in [-0.39, 0.29) is 11.1 Å². The van der Waals surface area contributed by atoms with Crippen LogP contribution < -0.4 is 0 Å². The van der Waals surface area contributed by atoms with Crippen molar-refractivity contribution < 1.29 is 30.5 Å². The number of benzene rings is 8. The lowest BCUT2D eigenvalue weighted by Gasteiger charge is -2.19. The molecule has 1 nitrogen and oxygen atoms in total. The monoisotopic (exact) mass is 565 g/mol. The molecule has 1 aromatic heterocycles. The van der Waals surface area contributed by atoms with E-state index in [1.807, 2.05) is 12.1 Å². The van der Waals surface area contributed by atoms with Crippen molar-refractivity contribution in [2.75, 3.05) is 0 Å². The largest absolute Gasteiger partial charge is 0.456 e. The van der Waals surface area contributed by atoms with Gasteiger partial charge in [-0.2, -0.15) is 0 Å². The summed E-state index contributed by atoms with van der Waals surface area (Å²) < 4.78 is 177. The molecule has 0 unspecified atom stereocenters. The average Bonchev–Trinajstić information content (AvgIpc) is 3.63. The zero-order valence-electron chi connectivity index (χ0n) is 40.9. The predicted octanol–water partition coefficient (Wildman–Crippen LogP) is 12.0. The molecular formula is C42H26O. The molecule has 0 amide bonds. The molecule has 0 bridgehead atoms. The van der Waals surface area contributed by atoms with Crippen molar-refractivity contribution in [2.45, 2.75) is 0 Å². The maximum atomic E-state index is 9.98. The molecule has 0 aliphatic heterocycles. The molecule has 1 heterocycles. The third-order valence-electron chi connectivity index (χ3n) is 7.42. The van der Waals surface area contributed by atoms with Gasteiger partial charge in [0.25, 0.3) is 0 Å². The summed E-state index contributed by atoms with van der Waals surface area (Å²) in [5.41, 5.74) is -1.48. The van der Waals surface area contributed by atoms with Gasteiger partial charge in [-0.05, 0) is 96.0 Å². The number of fused-ring (bicyclic) bond motifs is 6. The van der Waals surface area contributed by atoms with Crippen molar-refractivity contribution in [3.8, 4) is 33.4 Å². The van der Waals surface area contributed by atoms with Gasteiger partial charge in [-0.3, -0.25) is 0 Å². The van der Waals surface area contributed by atoms with Crippen molar-refractivity contribution in [2.24, 2.45) is 0 Å².